The van der Waals surface area contributed by atoms with E-state index in [-0.39, 0.29) is 0 Å². The molecule has 0 N–H and O–H groups in total. The van der Waals surface area contributed by atoms with Gasteiger partial charge in [-0.05, 0) is 30.9 Å². The number of unbranched alkanes of at least 4 members (excludes halogenated alkanes) is 1. The average molecular weight is 174 g/mol. The molecule has 0 fully saturated rings. The Kier molecular flexibility index (Phi) is 4.05. The van der Waals surface area contributed by atoms with E-state index in [4.69, 9.17) is 0 Å². The third-order valence-electron chi connectivity index (χ3n) is 2.07. The zero-order chi connectivity index (χ0) is 9.52. The van der Waals surface area contributed by atoms with Crippen LogP contribution in [0.15, 0.2) is 24.3 Å². The highest BCUT2D eigenvalue weighted by atomic mass is 16.1. The molecular weight excluding hydrogens is 160 g/mol. The lowest BCUT2D eigenvalue weighted by molar-refractivity contribution is -0.116. The molecule has 0 amide bonds. The number of Topliss-reactive ketones (excluding diaryl/α,β-unsaturated/α-hetero) is 1. The number of rotatable bonds is 4. The summed E-state index contributed by atoms with van der Waals surface area (Å²) in [6.45, 7) is 3.49. The zero-order valence-corrected chi connectivity index (χ0v) is 7.81. The second-order valence-electron chi connectivity index (χ2n) is 3.07. The van der Waals surface area contributed by atoms with Crippen LogP contribution in [-0.2, 0) is 4.79 Å². The van der Waals surface area contributed by atoms with Crippen LogP contribution in [0.25, 0.3) is 0 Å². The number of carbonyl (C=O) groups is 1. The van der Waals surface area contributed by atoms with Crippen LogP contribution in [0.3, 0.4) is 0 Å². The first-order valence-electron chi connectivity index (χ1n) is 4.66. The maximum Gasteiger partial charge on any atom is 0.158 e. The summed E-state index contributed by atoms with van der Waals surface area (Å²) in [5, 5.41) is 0. The van der Waals surface area contributed by atoms with Gasteiger partial charge in [0.2, 0.25) is 0 Å². The largest absolute Gasteiger partial charge is 0.295 e. The fraction of sp³-hybridized carbons (Fsp3) is 0.417. The predicted octanol–water partition coefficient (Wildman–Crippen LogP) is 2.64. The van der Waals surface area contributed by atoms with E-state index in [9.17, 15) is 4.79 Å². The molecule has 0 aromatic rings. The normalized spacial score (nSPS) is 13.4. The van der Waals surface area contributed by atoms with E-state index in [0.717, 1.165) is 31.3 Å². The van der Waals surface area contributed by atoms with Crippen molar-refractivity contribution < 1.29 is 4.79 Å². The van der Waals surface area contributed by atoms with E-state index in [2.05, 4.69) is 18.4 Å². The van der Waals surface area contributed by atoms with Crippen LogP contribution in [-0.4, -0.2) is 5.78 Å². The Hall–Kier alpha value is -1.29. The van der Waals surface area contributed by atoms with Crippen LogP contribution in [0.5, 0.6) is 0 Å². The molecule has 68 valence electrons. The molecule has 1 aliphatic carbocycles. The number of ketones is 1. The molecule has 0 unspecified atom stereocenters. The number of allylic oxidation sites excluding steroid dienone is 3. The van der Waals surface area contributed by atoms with Crippen molar-refractivity contribution in [1.29, 1.82) is 0 Å². The fourth-order valence-electron chi connectivity index (χ4n) is 1.18. The molecule has 0 heterocycles. The Bertz CT molecular complexity index is 286. The first-order valence-corrected chi connectivity index (χ1v) is 4.66. The van der Waals surface area contributed by atoms with Gasteiger partial charge in [-0.3, -0.25) is 4.79 Å². The van der Waals surface area contributed by atoms with Crippen molar-refractivity contribution in [2.45, 2.75) is 32.1 Å². The van der Waals surface area contributed by atoms with Gasteiger partial charge in [0.05, 0.1) is 0 Å². The minimum absolute atomic E-state index is 0.312. The maximum absolute atomic E-state index is 11.3. The standard InChI is InChI=1S/C12H14O/c1-2-3-4-5-6-10-12(13)11-8-7-9-11/h2,8H,1,5-7,9-10H2. The minimum Gasteiger partial charge on any atom is -0.295 e. The van der Waals surface area contributed by atoms with Crippen molar-refractivity contribution in [3.8, 4) is 11.8 Å². The molecule has 0 radical (unpaired) electrons. The molecule has 0 spiro atoms. The summed E-state index contributed by atoms with van der Waals surface area (Å²) in [6, 6.07) is 0. The summed E-state index contributed by atoms with van der Waals surface area (Å²) in [4.78, 5) is 11.3. The summed E-state index contributed by atoms with van der Waals surface area (Å²) >= 11 is 0. The third kappa shape index (κ3) is 3.29. The Morgan fingerprint density at radius 2 is 2.46 bits per heavy atom. The topological polar surface area (TPSA) is 17.1 Å². The van der Waals surface area contributed by atoms with Gasteiger partial charge in [-0.1, -0.05) is 24.5 Å². The highest BCUT2D eigenvalue weighted by Crippen LogP contribution is 2.20. The quantitative estimate of drug-likeness (QED) is 0.473. The van der Waals surface area contributed by atoms with E-state index >= 15 is 0 Å². The highest BCUT2D eigenvalue weighted by Gasteiger charge is 2.13. The second-order valence-corrected chi connectivity index (χ2v) is 3.07. The molecule has 1 heteroatoms. The van der Waals surface area contributed by atoms with Gasteiger partial charge in [-0.25, -0.2) is 0 Å². The number of hydrogen-bond acceptors (Lipinski definition) is 1. The molecule has 1 nitrogen and oxygen atoms in total. The van der Waals surface area contributed by atoms with E-state index in [1.807, 2.05) is 6.08 Å². The molecule has 0 aromatic heterocycles. The summed E-state index contributed by atoms with van der Waals surface area (Å²) in [5.74, 6) is 6.00. The van der Waals surface area contributed by atoms with Crippen molar-refractivity contribution in [1.82, 2.24) is 0 Å². The predicted molar refractivity (Wildman–Crippen MR) is 54.1 cm³/mol. The van der Waals surface area contributed by atoms with Crippen LogP contribution < -0.4 is 0 Å². The van der Waals surface area contributed by atoms with Crippen molar-refractivity contribution >= 4 is 5.78 Å². The Morgan fingerprint density at radius 3 is 3.00 bits per heavy atom. The van der Waals surface area contributed by atoms with Gasteiger partial charge in [-0.2, -0.15) is 0 Å². The average Bonchev–Trinajstić information content (AvgIpc) is 2.01. The van der Waals surface area contributed by atoms with E-state index < -0.39 is 0 Å². The Morgan fingerprint density at radius 1 is 1.69 bits per heavy atom. The summed E-state index contributed by atoms with van der Waals surface area (Å²) < 4.78 is 0. The molecule has 13 heavy (non-hydrogen) atoms. The second kappa shape index (κ2) is 5.37. The van der Waals surface area contributed by atoms with Crippen molar-refractivity contribution in [3.05, 3.63) is 24.3 Å². The molecule has 0 saturated carbocycles. The van der Waals surface area contributed by atoms with Crippen LogP contribution in [0, 0.1) is 11.8 Å². The molecule has 1 rings (SSSR count). The lowest BCUT2D eigenvalue weighted by Crippen LogP contribution is -2.07. The van der Waals surface area contributed by atoms with Crippen LogP contribution >= 0.6 is 0 Å². The van der Waals surface area contributed by atoms with Crippen LogP contribution in [0.2, 0.25) is 0 Å². The van der Waals surface area contributed by atoms with Gasteiger partial charge in [0.15, 0.2) is 5.78 Å². The third-order valence-corrected chi connectivity index (χ3v) is 2.07. The molecule has 0 bridgehead atoms. The summed E-state index contributed by atoms with van der Waals surface area (Å²) in [7, 11) is 0. The molecule has 0 aliphatic heterocycles. The smallest absolute Gasteiger partial charge is 0.158 e. The van der Waals surface area contributed by atoms with Gasteiger partial charge in [-0.15, -0.1) is 0 Å². The van der Waals surface area contributed by atoms with Gasteiger partial charge in [0, 0.05) is 12.8 Å². The van der Waals surface area contributed by atoms with Crippen molar-refractivity contribution in [2.75, 3.05) is 0 Å². The minimum atomic E-state index is 0.312. The molecule has 1 aliphatic rings. The highest BCUT2D eigenvalue weighted by molar-refractivity contribution is 5.96. The SMILES string of the molecule is C=CC#CCCCC(=O)C1=CCC1. The molecule has 0 atom stereocenters. The van der Waals surface area contributed by atoms with Gasteiger partial charge in [0.1, 0.15) is 0 Å². The lowest BCUT2D eigenvalue weighted by atomic mass is 9.92. The van der Waals surface area contributed by atoms with Gasteiger partial charge >= 0.3 is 0 Å². The summed E-state index contributed by atoms with van der Waals surface area (Å²) in [5.41, 5.74) is 1.02. The Balaban J connectivity index is 2.12. The maximum atomic E-state index is 11.3. The van der Waals surface area contributed by atoms with Gasteiger partial charge < -0.3 is 0 Å². The lowest BCUT2D eigenvalue weighted by Gasteiger charge is -2.11. The first kappa shape index (κ1) is 9.80. The van der Waals surface area contributed by atoms with E-state index in [1.165, 1.54) is 0 Å². The van der Waals surface area contributed by atoms with Crippen LogP contribution in [0.1, 0.15) is 32.1 Å². The zero-order valence-electron chi connectivity index (χ0n) is 7.81. The summed E-state index contributed by atoms with van der Waals surface area (Å²) in [6.07, 6.45) is 7.99. The number of hydrogen-bond donors (Lipinski definition) is 0. The van der Waals surface area contributed by atoms with Crippen LogP contribution in [0.4, 0.5) is 0 Å². The van der Waals surface area contributed by atoms with Crippen molar-refractivity contribution in [3.63, 3.8) is 0 Å². The molecule has 0 saturated heterocycles. The molecular formula is C12H14O. The van der Waals surface area contributed by atoms with E-state index in [0.29, 0.717) is 12.2 Å². The van der Waals surface area contributed by atoms with Gasteiger partial charge in [0.25, 0.3) is 0 Å². The molecule has 0 aromatic carbocycles. The number of carbonyl (C=O) groups excluding carboxylic acids is 1. The van der Waals surface area contributed by atoms with Crippen molar-refractivity contribution in [2.24, 2.45) is 0 Å². The fourth-order valence-corrected chi connectivity index (χ4v) is 1.18. The first-order chi connectivity index (χ1) is 6.34. The monoisotopic (exact) mass is 174 g/mol. The Labute approximate surface area is 79.5 Å². The van der Waals surface area contributed by atoms with E-state index in [1.54, 1.807) is 6.08 Å².